The van der Waals surface area contributed by atoms with Crippen molar-refractivity contribution in [3.05, 3.63) is 47.5 Å². The third-order valence-corrected chi connectivity index (χ3v) is 3.31. The van der Waals surface area contributed by atoms with Crippen LogP contribution in [-0.2, 0) is 0 Å². The minimum atomic E-state index is -1.02. The van der Waals surface area contributed by atoms with E-state index in [4.69, 9.17) is 14.6 Å². The second-order valence-corrected chi connectivity index (χ2v) is 4.70. The van der Waals surface area contributed by atoms with Gasteiger partial charge in [0.15, 0.2) is 17.3 Å². The molecule has 114 valence electrons. The van der Waals surface area contributed by atoms with E-state index in [0.717, 1.165) is 0 Å². The molecule has 5 nitrogen and oxygen atoms in total. The fourth-order valence-corrected chi connectivity index (χ4v) is 2.20. The van der Waals surface area contributed by atoms with Gasteiger partial charge in [-0.3, -0.25) is 4.79 Å². The highest BCUT2D eigenvalue weighted by molar-refractivity contribution is 5.97. The summed E-state index contributed by atoms with van der Waals surface area (Å²) in [6.45, 7) is 1.46. The highest BCUT2D eigenvalue weighted by Crippen LogP contribution is 2.39. The Hall–Kier alpha value is -2.82. The van der Waals surface area contributed by atoms with Crippen LogP contribution < -0.4 is 9.47 Å². The Morgan fingerprint density at radius 2 is 1.73 bits per heavy atom. The van der Waals surface area contributed by atoms with E-state index in [2.05, 4.69) is 0 Å². The van der Waals surface area contributed by atoms with Gasteiger partial charge in [0.2, 0.25) is 0 Å². The number of carbonyl (C=O) groups is 2. The van der Waals surface area contributed by atoms with Crippen LogP contribution in [0.1, 0.15) is 27.6 Å². The third-order valence-electron chi connectivity index (χ3n) is 3.31. The molecule has 0 bridgehead atoms. The van der Waals surface area contributed by atoms with E-state index >= 15 is 0 Å². The molecule has 1 N–H and O–H groups in total. The SMILES string of the molecule is COc1cc(C(C)=O)cc(-c2cccc(C(=O)O)c2)c1OC. The summed E-state index contributed by atoms with van der Waals surface area (Å²) >= 11 is 0. The van der Waals surface area contributed by atoms with Crippen molar-refractivity contribution in [2.75, 3.05) is 14.2 Å². The summed E-state index contributed by atoms with van der Waals surface area (Å²) in [5, 5.41) is 9.12. The first kappa shape index (κ1) is 15.6. The summed E-state index contributed by atoms with van der Waals surface area (Å²) in [6.07, 6.45) is 0. The quantitative estimate of drug-likeness (QED) is 0.858. The Morgan fingerprint density at radius 3 is 2.27 bits per heavy atom. The maximum absolute atomic E-state index is 11.7. The number of ether oxygens (including phenoxy) is 2. The predicted octanol–water partition coefficient (Wildman–Crippen LogP) is 3.27. The molecule has 0 aliphatic heterocycles. The lowest BCUT2D eigenvalue weighted by Crippen LogP contribution is -2.00. The largest absolute Gasteiger partial charge is 0.493 e. The van der Waals surface area contributed by atoms with Gasteiger partial charge in [-0.15, -0.1) is 0 Å². The number of hydrogen-bond acceptors (Lipinski definition) is 4. The molecule has 0 saturated carbocycles. The van der Waals surface area contributed by atoms with Crippen LogP contribution >= 0.6 is 0 Å². The van der Waals surface area contributed by atoms with Gasteiger partial charge in [0.25, 0.3) is 0 Å². The molecule has 2 aromatic carbocycles. The zero-order valence-corrected chi connectivity index (χ0v) is 12.5. The van der Waals surface area contributed by atoms with E-state index in [9.17, 15) is 9.59 Å². The number of ketones is 1. The molecule has 0 spiro atoms. The highest BCUT2D eigenvalue weighted by atomic mass is 16.5. The molecule has 2 aromatic rings. The Labute approximate surface area is 128 Å². The van der Waals surface area contributed by atoms with Gasteiger partial charge in [0.05, 0.1) is 19.8 Å². The molecule has 22 heavy (non-hydrogen) atoms. The first-order valence-electron chi connectivity index (χ1n) is 6.58. The Bertz CT molecular complexity index is 734. The number of rotatable bonds is 5. The molecular formula is C17H16O5. The van der Waals surface area contributed by atoms with Gasteiger partial charge < -0.3 is 14.6 Å². The molecule has 0 fully saturated rings. The lowest BCUT2D eigenvalue weighted by molar-refractivity contribution is 0.0696. The fraction of sp³-hybridized carbons (Fsp3) is 0.176. The summed E-state index contributed by atoms with van der Waals surface area (Å²) in [5.41, 5.74) is 1.87. The van der Waals surface area contributed by atoms with Gasteiger partial charge in [-0.25, -0.2) is 4.79 Å². The van der Waals surface area contributed by atoms with Crippen molar-refractivity contribution in [1.29, 1.82) is 0 Å². The fourth-order valence-electron chi connectivity index (χ4n) is 2.20. The average Bonchev–Trinajstić information content (AvgIpc) is 2.53. The Morgan fingerprint density at radius 1 is 1.00 bits per heavy atom. The highest BCUT2D eigenvalue weighted by Gasteiger charge is 2.16. The van der Waals surface area contributed by atoms with Crippen molar-refractivity contribution in [2.45, 2.75) is 6.92 Å². The lowest BCUT2D eigenvalue weighted by atomic mass is 9.98. The molecule has 0 atom stereocenters. The molecule has 5 heteroatoms. The number of carboxylic acids is 1. The van der Waals surface area contributed by atoms with Crippen LogP contribution in [0.5, 0.6) is 11.5 Å². The zero-order chi connectivity index (χ0) is 16.3. The molecule has 0 radical (unpaired) electrons. The monoisotopic (exact) mass is 300 g/mol. The van der Waals surface area contributed by atoms with Crippen molar-refractivity contribution in [3.63, 3.8) is 0 Å². The summed E-state index contributed by atoms with van der Waals surface area (Å²) in [6, 6.07) is 9.71. The minimum Gasteiger partial charge on any atom is -0.493 e. The second kappa shape index (κ2) is 6.30. The summed E-state index contributed by atoms with van der Waals surface area (Å²) in [5.74, 6) is -0.256. The van der Waals surface area contributed by atoms with E-state index in [0.29, 0.717) is 28.2 Å². The third kappa shape index (κ3) is 2.93. The summed E-state index contributed by atoms with van der Waals surface area (Å²) in [4.78, 5) is 22.8. The van der Waals surface area contributed by atoms with E-state index < -0.39 is 5.97 Å². The number of hydrogen-bond donors (Lipinski definition) is 1. The first-order valence-corrected chi connectivity index (χ1v) is 6.58. The molecule has 0 heterocycles. The predicted molar refractivity (Wildman–Crippen MR) is 81.9 cm³/mol. The topological polar surface area (TPSA) is 72.8 Å². The van der Waals surface area contributed by atoms with Crippen LogP contribution in [0.15, 0.2) is 36.4 Å². The zero-order valence-electron chi connectivity index (χ0n) is 12.5. The van der Waals surface area contributed by atoms with Crippen LogP contribution in [-0.4, -0.2) is 31.1 Å². The maximum atomic E-state index is 11.7. The van der Waals surface area contributed by atoms with E-state index in [1.54, 1.807) is 24.3 Å². The van der Waals surface area contributed by atoms with Crippen LogP contribution in [0.4, 0.5) is 0 Å². The van der Waals surface area contributed by atoms with Crippen LogP contribution in [0.3, 0.4) is 0 Å². The number of carboxylic acid groups (broad SMARTS) is 1. The summed E-state index contributed by atoms with van der Waals surface area (Å²) in [7, 11) is 2.98. The van der Waals surface area contributed by atoms with E-state index in [1.165, 1.54) is 33.3 Å². The first-order chi connectivity index (χ1) is 10.5. The van der Waals surface area contributed by atoms with Crippen LogP contribution in [0, 0.1) is 0 Å². The standard InChI is InChI=1S/C17H16O5/c1-10(18)13-8-14(16(22-3)15(9-13)21-2)11-5-4-6-12(7-11)17(19)20/h4-9H,1-3H3,(H,19,20). The Balaban J connectivity index is 2.72. The molecule has 0 aliphatic rings. The molecule has 2 rings (SSSR count). The van der Waals surface area contributed by atoms with Crippen molar-refractivity contribution < 1.29 is 24.2 Å². The smallest absolute Gasteiger partial charge is 0.335 e. The van der Waals surface area contributed by atoms with E-state index in [-0.39, 0.29) is 11.3 Å². The molecule has 0 saturated heterocycles. The minimum absolute atomic E-state index is 0.114. The van der Waals surface area contributed by atoms with Gasteiger partial charge in [-0.1, -0.05) is 12.1 Å². The molecule has 0 aliphatic carbocycles. The summed E-state index contributed by atoms with van der Waals surface area (Å²) < 4.78 is 10.6. The van der Waals surface area contributed by atoms with Crippen LogP contribution in [0.2, 0.25) is 0 Å². The molecule has 0 aromatic heterocycles. The molecule has 0 unspecified atom stereocenters. The lowest BCUT2D eigenvalue weighted by Gasteiger charge is -2.15. The van der Waals surface area contributed by atoms with Gasteiger partial charge in [-0.2, -0.15) is 0 Å². The van der Waals surface area contributed by atoms with E-state index in [1.807, 2.05) is 0 Å². The molecular weight excluding hydrogens is 284 g/mol. The van der Waals surface area contributed by atoms with Crippen LogP contribution in [0.25, 0.3) is 11.1 Å². The van der Waals surface area contributed by atoms with Crippen molar-refractivity contribution in [2.24, 2.45) is 0 Å². The number of aromatic carboxylic acids is 1. The number of benzene rings is 2. The second-order valence-electron chi connectivity index (χ2n) is 4.70. The number of Topliss-reactive ketones (excluding diaryl/α,β-unsaturated/α-hetero) is 1. The van der Waals surface area contributed by atoms with Crippen molar-refractivity contribution >= 4 is 11.8 Å². The normalized spacial score (nSPS) is 10.1. The number of methoxy groups -OCH3 is 2. The van der Waals surface area contributed by atoms with Gasteiger partial charge in [0.1, 0.15) is 0 Å². The Kier molecular flexibility index (Phi) is 4.46. The average molecular weight is 300 g/mol. The van der Waals surface area contributed by atoms with Gasteiger partial charge in [-0.05, 0) is 36.8 Å². The maximum Gasteiger partial charge on any atom is 0.335 e. The molecule has 0 amide bonds. The van der Waals surface area contributed by atoms with Gasteiger partial charge in [0, 0.05) is 11.1 Å². The van der Waals surface area contributed by atoms with Gasteiger partial charge >= 0.3 is 5.97 Å². The number of carbonyl (C=O) groups excluding carboxylic acids is 1. The van der Waals surface area contributed by atoms with Crippen molar-refractivity contribution in [3.8, 4) is 22.6 Å². The van der Waals surface area contributed by atoms with Crippen molar-refractivity contribution in [1.82, 2.24) is 0 Å².